The van der Waals surface area contributed by atoms with E-state index in [1.165, 1.54) is 21.4 Å². The third-order valence-corrected chi connectivity index (χ3v) is 5.93. The summed E-state index contributed by atoms with van der Waals surface area (Å²) in [5, 5.41) is 0.170. The van der Waals surface area contributed by atoms with Crippen LogP contribution in [0, 0.1) is 6.92 Å². The third kappa shape index (κ3) is 4.97. The number of carbonyl (C=O) groups excluding carboxylic acids is 2. The number of nitrogens with zero attached hydrogens (tertiary/aromatic N) is 2. The Hall–Kier alpha value is -2.71. The highest BCUT2D eigenvalue weighted by atomic mass is 79.9. The van der Waals surface area contributed by atoms with Crippen LogP contribution in [-0.4, -0.2) is 47.4 Å². The van der Waals surface area contributed by atoms with Crippen molar-refractivity contribution in [1.29, 1.82) is 0 Å². The van der Waals surface area contributed by atoms with Gasteiger partial charge in [-0.1, -0.05) is 29.8 Å². The molecule has 0 saturated carbocycles. The van der Waals surface area contributed by atoms with Gasteiger partial charge in [0.05, 0.1) is 11.1 Å². The van der Waals surface area contributed by atoms with Crippen molar-refractivity contribution in [1.82, 2.24) is 9.80 Å². The zero-order chi connectivity index (χ0) is 22.7. The van der Waals surface area contributed by atoms with E-state index in [-0.39, 0.29) is 10.7 Å². The molecule has 1 aliphatic rings. The molecule has 0 spiro atoms. The topological polar surface area (TPSA) is 59.1 Å². The summed E-state index contributed by atoms with van der Waals surface area (Å²) in [6.07, 6.45) is 1.54. The minimum atomic E-state index is -0.443. The number of halogens is 1. The first-order chi connectivity index (χ1) is 14.7. The van der Waals surface area contributed by atoms with E-state index in [0.29, 0.717) is 34.7 Å². The zero-order valence-corrected chi connectivity index (χ0v) is 20.2. The van der Waals surface area contributed by atoms with E-state index in [1.54, 1.807) is 26.2 Å². The van der Waals surface area contributed by atoms with Gasteiger partial charge >= 0.3 is 0 Å². The van der Waals surface area contributed by atoms with Crippen molar-refractivity contribution >= 4 is 51.2 Å². The largest absolute Gasteiger partial charge is 0.490 e. The molecule has 6 nitrogen and oxygen atoms in total. The summed E-state index contributed by atoms with van der Waals surface area (Å²) in [5.41, 5.74) is 2.87. The van der Waals surface area contributed by atoms with Gasteiger partial charge in [0.2, 0.25) is 0 Å². The van der Waals surface area contributed by atoms with Crippen LogP contribution in [0.5, 0.6) is 11.5 Å². The fraction of sp³-hybridized carbons (Fsp3) is 0.261. The number of aryl methyl sites for hydroxylation is 1. The lowest BCUT2D eigenvalue weighted by molar-refractivity contribution is -0.132. The van der Waals surface area contributed by atoms with E-state index < -0.39 is 11.8 Å². The first-order valence-electron chi connectivity index (χ1n) is 9.69. The van der Waals surface area contributed by atoms with E-state index in [1.807, 2.05) is 38.1 Å². The first kappa shape index (κ1) is 23.0. The second-order valence-electron chi connectivity index (χ2n) is 7.11. The lowest BCUT2D eigenvalue weighted by atomic mass is 10.1. The molecule has 0 radical (unpaired) electrons. The van der Waals surface area contributed by atoms with Crippen LogP contribution < -0.4 is 9.47 Å². The molecule has 2 amide bonds. The molecule has 1 fully saturated rings. The van der Waals surface area contributed by atoms with Crippen LogP contribution in [0.25, 0.3) is 6.08 Å². The van der Waals surface area contributed by atoms with Crippen LogP contribution in [0.2, 0.25) is 0 Å². The zero-order valence-electron chi connectivity index (χ0n) is 17.8. The molecule has 1 saturated heterocycles. The van der Waals surface area contributed by atoms with Gasteiger partial charge in [0.1, 0.15) is 12.2 Å². The summed E-state index contributed by atoms with van der Waals surface area (Å²) in [5.74, 6) is 0.189. The summed E-state index contributed by atoms with van der Waals surface area (Å²) in [6, 6.07) is 11.6. The summed E-state index contributed by atoms with van der Waals surface area (Å²) < 4.78 is 12.5. The summed E-state index contributed by atoms with van der Waals surface area (Å²) in [7, 11) is 3.09. The molecule has 2 aromatic rings. The Labute approximate surface area is 195 Å². The van der Waals surface area contributed by atoms with Crippen LogP contribution in [-0.2, 0) is 16.2 Å². The molecule has 162 valence electrons. The smallest absolute Gasteiger partial charge is 0.265 e. The average molecular weight is 503 g/mol. The molecule has 0 atom stereocenters. The maximum Gasteiger partial charge on any atom is 0.265 e. The van der Waals surface area contributed by atoms with Gasteiger partial charge in [-0.2, -0.15) is 0 Å². The minimum Gasteiger partial charge on any atom is -0.490 e. The van der Waals surface area contributed by atoms with Crippen LogP contribution in [0.3, 0.4) is 0 Å². The Balaban J connectivity index is 1.93. The molecular formula is C23H23BrN2O4S. The number of benzene rings is 2. The van der Waals surface area contributed by atoms with Crippen molar-refractivity contribution in [3.05, 3.63) is 63.1 Å². The average Bonchev–Trinajstić information content (AvgIpc) is 2.75. The Morgan fingerprint density at radius 2 is 1.65 bits per heavy atom. The van der Waals surface area contributed by atoms with E-state index in [9.17, 15) is 9.59 Å². The fourth-order valence-electron chi connectivity index (χ4n) is 3.06. The van der Waals surface area contributed by atoms with Gasteiger partial charge in [-0.3, -0.25) is 19.4 Å². The monoisotopic (exact) mass is 502 g/mol. The normalized spacial score (nSPS) is 14.2. The lowest BCUT2D eigenvalue weighted by Crippen LogP contribution is -2.52. The molecule has 0 aromatic heterocycles. The second-order valence-corrected chi connectivity index (χ2v) is 8.33. The predicted molar refractivity (Wildman–Crippen MR) is 127 cm³/mol. The Bertz CT molecular complexity index is 1040. The van der Waals surface area contributed by atoms with Crippen molar-refractivity contribution in [3.8, 4) is 11.5 Å². The van der Waals surface area contributed by atoms with Gasteiger partial charge in [-0.05, 0) is 71.3 Å². The van der Waals surface area contributed by atoms with Crippen molar-refractivity contribution in [2.75, 3.05) is 20.7 Å². The molecule has 0 unspecified atom stereocenters. The molecule has 8 heteroatoms. The van der Waals surface area contributed by atoms with Gasteiger partial charge in [0.15, 0.2) is 16.6 Å². The quantitative estimate of drug-likeness (QED) is 0.334. The van der Waals surface area contributed by atoms with E-state index in [2.05, 4.69) is 15.9 Å². The van der Waals surface area contributed by atoms with Gasteiger partial charge in [0, 0.05) is 14.1 Å². The van der Waals surface area contributed by atoms with E-state index in [4.69, 9.17) is 21.7 Å². The number of likely N-dealkylation sites (N-methyl/N-ethyl adjacent to an activating group) is 2. The molecular weight excluding hydrogens is 480 g/mol. The molecule has 31 heavy (non-hydrogen) atoms. The van der Waals surface area contributed by atoms with Crippen LogP contribution in [0.15, 0.2) is 46.4 Å². The molecule has 2 aromatic carbocycles. The molecule has 1 aliphatic heterocycles. The molecule has 1 heterocycles. The minimum absolute atomic E-state index is 0.0290. The maximum absolute atomic E-state index is 12.6. The van der Waals surface area contributed by atoms with Crippen LogP contribution in [0.4, 0.5) is 0 Å². The SMILES string of the molecule is CCOc1cc(C=C2C(=O)N(C)C(=S)N(C)C2=O)cc(Br)c1OCc1ccc(C)cc1. The van der Waals surface area contributed by atoms with Gasteiger partial charge in [-0.15, -0.1) is 0 Å². The predicted octanol–water partition coefficient (Wildman–Crippen LogP) is 4.33. The number of rotatable bonds is 6. The summed E-state index contributed by atoms with van der Waals surface area (Å²) in [4.78, 5) is 27.7. The molecule has 0 N–H and O–H groups in total. The van der Waals surface area contributed by atoms with Crippen molar-refractivity contribution in [3.63, 3.8) is 0 Å². The maximum atomic E-state index is 12.6. The Morgan fingerprint density at radius 1 is 1.03 bits per heavy atom. The number of hydrogen-bond donors (Lipinski definition) is 0. The second kappa shape index (κ2) is 9.62. The number of thiocarbonyl (C=S) groups is 1. The number of hydrogen-bond acceptors (Lipinski definition) is 5. The Morgan fingerprint density at radius 3 is 2.23 bits per heavy atom. The van der Waals surface area contributed by atoms with Crippen LogP contribution >= 0.6 is 28.1 Å². The molecule has 0 aliphatic carbocycles. The van der Waals surface area contributed by atoms with Gasteiger partial charge in [-0.25, -0.2) is 0 Å². The highest BCUT2D eigenvalue weighted by molar-refractivity contribution is 9.10. The number of amides is 2. The molecule has 0 bridgehead atoms. The summed E-state index contributed by atoms with van der Waals surface area (Å²) in [6.45, 7) is 4.72. The third-order valence-electron chi connectivity index (χ3n) is 4.79. The highest BCUT2D eigenvalue weighted by Gasteiger charge is 2.35. The van der Waals surface area contributed by atoms with Crippen molar-refractivity contribution < 1.29 is 19.1 Å². The molecule has 3 rings (SSSR count). The summed E-state index contributed by atoms with van der Waals surface area (Å²) >= 11 is 8.67. The van der Waals surface area contributed by atoms with Gasteiger partial charge < -0.3 is 9.47 Å². The highest BCUT2D eigenvalue weighted by Crippen LogP contribution is 2.38. The standard InChI is InChI=1S/C23H23BrN2O4S/c1-5-29-19-12-16(10-17-21(27)25(3)23(31)26(4)22(17)28)11-18(24)20(19)30-13-15-8-6-14(2)7-9-15/h6-12H,5,13H2,1-4H3. The van der Waals surface area contributed by atoms with Gasteiger partial charge in [0.25, 0.3) is 11.8 Å². The lowest BCUT2D eigenvalue weighted by Gasteiger charge is -2.31. The van der Waals surface area contributed by atoms with E-state index >= 15 is 0 Å². The number of carbonyl (C=O) groups is 2. The van der Waals surface area contributed by atoms with Crippen molar-refractivity contribution in [2.45, 2.75) is 20.5 Å². The Kier molecular flexibility index (Phi) is 7.12. The fourth-order valence-corrected chi connectivity index (χ4v) is 3.80. The van der Waals surface area contributed by atoms with E-state index in [0.717, 1.165) is 5.56 Å². The number of ether oxygens (including phenoxy) is 2. The first-order valence-corrected chi connectivity index (χ1v) is 10.9. The van der Waals surface area contributed by atoms with Crippen LogP contribution in [0.1, 0.15) is 23.6 Å². The van der Waals surface area contributed by atoms with Crippen molar-refractivity contribution in [2.24, 2.45) is 0 Å².